The van der Waals surface area contributed by atoms with Crippen LogP contribution in [0.1, 0.15) is 29.8 Å². The second-order valence-corrected chi connectivity index (χ2v) is 7.07. The van der Waals surface area contributed by atoms with Gasteiger partial charge in [-0.05, 0) is 31.9 Å². The number of aromatic nitrogens is 1. The number of nitrogens with zero attached hydrogens (tertiary/aromatic N) is 1. The summed E-state index contributed by atoms with van der Waals surface area (Å²) in [4.78, 5) is 18.8. The van der Waals surface area contributed by atoms with E-state index in [0.717, 1.165) is 32.8 Å². The molecule has 1 aliphatic carbocycles. The average molecular weight is 314 g/mol. The van der Waals surface area contributed by atoms with E-state index in [1.807, 2.05) is 19.1 Å². The van der Waals surface area contributed by atoms with Crippen LogP contribution in [0, 0.1) is 0 Å². The predicted octanol–water partition coefficient (Wildman–Crippen LogP) is 4.12. The molecular weight excluding hydrogens is 302 g/mol. The second-order valence-electron chi connectivity index (χ2n) is 4.27. The lowest BCUT2D eigenvalue weighted by Crippen LogP contribution is -2.14. The van der Waals surface area contributed by atoms with Gasteiger partial charge in [0.25, 0.3) is 0 Å². The van der Waals surface area contributed by atoms with Gasteiger partial charge in [-0.3, -0.25) is 4.79 Å². The molecule has 0 radical (unpaired) electrons. The van der Waals surface area contributed by atoms with Gasteiger partial charge in [0.1, 0.15) is 10.9 Å². The van der Waals surface area contributed by atoms with Gasteiger partial charge in [0, 0.05) is 4.88 Å². The summed E-state index contributed by atoms with van der Waals surface area (Å²) in [7, 11) is 0. The molecule has 2 heterocycles. The predicted molar refractivity (Wildman–Crippen MR) is 78.1 cm³/mol. The Labute approximate surface area is 124 Å². The van der Waals surface area contributed by atoms with Gasteiger partial charge in [-0.1, -0.05) is 11.6 Å². The maximum Gasteiger partial charge on any atom is 0.315 e. The summed E-state index contributed by atoms with van der Waals surface area (Å²) in [5, 5.41) is 0.955. The molecule has 0 spiro atoms. The van der Waals surface area contributed by atoms with Crippen LogP contribution in [0.4, 0.5) is 0 Å². The molecule has 0 N–H and O–H groups in total. The normalized spacial score (nSPS) is 17.5. The number of hydrogen-bond acceptors (Lipinski definition) is 5. The van der Waals surface area contributed by atoms with E-state index in [2.05, 4.69) is 4.98 Å². The minimum absolute atomic E-state index is 0.151. The van der Waals surface area contributed by atoms with E-state index in [-0.39, 0.29) is 11.9 Å². The molecule has 1 unspecified atom stereocenters. The van der Waals surface area contributed by atoms with E-state index in [0.29, 0.717) is 6.61 Å². The highest BCUT2D eigenvalue weighted by atomic mass is 35.5. The van der Waals surface area contributed by atoms with Gasteiger partial charge < -0.3 is 4.74 Å². The van der Waals surface area contributed by atoms with Gasteiger partial charge >= 0.3 is 5.97 Å². The number of thiophene rings is 1. The third-order valence-corrected chi connectivity index (χ3v) is 5.60. The minimum atomic E-state index is -0.185. The van der Waals surface area contributed by atoms with E-state index in [4.69, 9.17) is 16.3 Å². The van der Waals surface area contributed by atoms with Crippen LogP contribution in [0.2, 0.25) is 4.34 Å². The molecule has 3 nitrogen and oxygen atoms in total. The standard InChI is InChI=1S/C13H12ClNO2S2/c1-2-17-13(16)7-3-4-8-11(7)15-12(19-8)9-5-6-10(14)18-9/h5-7H,2-4H2,1H3. The van der Waals surface area contributed by atoms with Crippen LogP contribution in [0.3, 0.4) is 0 Å². The van der Waals surface area contributed by atoms with Crippen molar-refractivity contribution in [1.82, 2.24) is 4.98 Å². The molecule has 3 rings (SSSR count). The first kappa shape index (κ1) is 13.1. The van der Waals surface area contributed by atoms with Crippen LogP contribution in [0.15, 0.2) is 12.1 Å². The van der Waals surface area contributed by atoms with Crippen LogP contribution in [-0.2, 0) is 16.0 Å². The molecule has 2 aromatic heterocycles. The fourth-order valence-corrected chi connectivity index (χ4v) is 4.47. The number of aryl methyl sites for hydroxylation is 1. The summed E-state index contributed by atoms with van der Waals surface area (Å²) in [6.07, 6.45) is 1.73. The number of carbonyl (C=O) groups excluding carboxylic acids is 1. The van der Waals surface area contributed by atoms with Gasteiger partial charge in [0.2, 0.25) is 0 Å². The highest BCUT2D eigenvalue weighted by Crippen LogP contribution is 2.42. The van der Waals surface area contributed by atoms with Crippen molar-refractivity contribution in [3.8, 4) is 9.88 Å². The molecule has 100 valence electrons. The SMILES string of the molecule is CCOC(=O)C1CCc2sc(-c3ccc(Cl)s3)nc21. The Kier molecular flexibility index (Phi) is 3.60. The number of fused-ring (bicyclic) bond motifs is 1. The average Bonchev–Trinajstić information content (AvgIpc) is 3.02. The number of rotatable bonds is 3. The quantitative estimate of drug-likeness (QED) is 0.800. The zero-order chi connectivity index (χ0) is 13.4. The zero-order valence-electron chi connectivity index (χ0n) is 10.3. The van der Waals surface area contributed by atoms with E-state index < -0.39 is 0 Å². The van der Waals surface area contributed by atoms with Gasteiger partial charge in [0.05, 0.1) is 21.5 Å². The highest BCUT2D eigenvalue weighted by molar-refractivity contribution is 7.23. The van der Waals surface area contributed by atoms with E-state index in [1.54, 1.807) is 11.3 Å². The van der Waals surface area contributed by atoms with Crippen molar-refractivity contribution in [3.05, 3.63) is 27.0 Å². The Hall–Kier alpha value is -0.910. The largest absolute Gasteiger partial charge is 0.465 e. The second kappa shape index (κ2) is 5.23. The summed E-state index contributed by atoms with van der Waals surface area (Å²) >= 11 is 9.12. The molecule has 0 fully saturated rings. The van der Waals surface area contributed by atoms with Crippen molar-refractivity contribution >= 4 is 40.2 Å². The topological polar surface area (TPSA) is 39.2 Å². The van der Waals surface area contributed by atoms with E-state index in [9.17, 15) is 4.79 Å². The fraction of sp³-hybridized carbons (Fsp3) is 0.385. The summed E-state index contributed by atoms with van der Waals surface area (Å²) in [5.41, 5.74) is 0.906. The number of hydrogen-bond donors (Lipinski definition) is 0. The van der Waals surface area contributed by atoms with Crippen molar-refractivity contribution < 1.29 is 9.53 Å². The van der Waals surface area contributed by atoms with Crippen LogP contribution >= 0.6 is 34.3 Å². The molecule has 0 saturated heterocycles. The molecule has 1 aliphatic rings. The van der Waals surface area contributed by atoms with Crippen molar-refractivity contribution in [2.75, 3.05) is 6.61 Å². The Morgan fingerprint density at radius 3 is 3.05 bits per heavy atom. The molecule has 0 aromatic carbocycles. The van der Waals surface area contributed by atoms with Crippen LogP contribution in [-0.4, -0.2) is 17.6 Å². The molecule has 0 bridgehead atoms. The Morgan fingerprint density at radius 2 is 2.37 bits per heavy atom. The molecule has 2 aromatic rings. The van der Waals surface area contributed by atoms with Gasteiger partial charge in [-0.2, -0.15) is 0 Å². The smallest absolute Gasteiger partial charge is 0.315 e. The third kappa shape index (κ3) is 2.42. The number of halogens is 1. The van der Waals surface area contributed by atoms with Crippen LogP contribution < -0.4 is 0 Å². The van der Waals surface area contributed by atoms with Crippen molar-refractivity contribution in [2.24, 2.45) is 0 Å². The Bertz CT molecular complexity index is 620. The summed E-state index contributed by atoms with van der Waals surface area (Å²) < 4.78 is 5.87. The Balaban J connectivity index is 1.90. The van der Waals surface area contributed by atoms with Crippen LogP contribution in [0.5, 0.6) is 0 Å². The molecule has 0 saturated carbocycles. The maximum absolute atomic E-state index is 11.9. The lowest BCUT2D eigenvalue weighted by Gasteiger charge is -2.07. The number of thiazole rings is 1. The molecule has 6 heteroatoms. The van der Waals surface area contributed by atoms with E-state index >= 15 is 0 Å². The first-order valence-electron chi connectivity index (χ1n) is 6.11. The van der Waals surface area contributed by atoms with E-state index in [1.165, 1.54) is 16.2 Å². The fourth-order valence-electron chi connectivity index (χ4n) is 2.23. The number of ether oxygens (including phenoxy) is 1. The maximum atomic E-state index is 11.9. The zero-order valence-corrected chi connectivity index (χ0v) is 12.7. The lowest BCUT2D eigenvalue weighted by molar-refractivity contribution is -0.145. The molecule has 19 heavy (non-hydrogen) atoms. The molecule has 1 atom stereocenters. The van der Waals surface area contributed by atoms with Crippen molar-refractivity contribution in [2.45, 2.75) is 25.7 Å². The monoisotopic (exact) mass is 313 g/mol. The highest BCUT2D eigenvalue weighted by Gasteiger charge is 2.33. The van der Waals surface area contributed by atoms with Crippen LogP contribution in [0.25, 0.3) is 9.88 Å². The summed E-state index contributed by atoms with van der Waals surface area (Å²) in [6, 6.07) is 3.84. The van der Waals surface area contributed by atoms with Crippen molar-refractivity contribution in [1.29, 1.82) is 0 Å². The minimum Gasteiger partial charge on any atom is -0.465 e. The van der Waals surface area contributed by atoms with Gasteiger partial charge in [-0.25, -0.2) is 4.98 Å². The first-order valence-corrected chi connectivity index (χ1v) is 8.12. The van der Waals surface area contributed by atoms with Gasteiger partial charge in [0.15, 0.2) is 0 Å². The number of esters is 1. The Morgan fingerprint density at radius 1 is 1.53 bits per heavy atom. The summed E-state index contributed by atoms with van der Waals surface area (Å²) in [5.74, 6) is -0.335. The van der Waals surface area contributed by atoms with Crippen molar-refractivity contribution in [3.63, 3.8) is 0 Å². The number of carbonyl (C=O) groups is 1. The third-order valence-electron chi connectivity index (χ3n) is 3.07. The summed E-state index contributed by atoms with van der Waals surface area (Å²) in [6.45, 7) is 2.25. The lowest BCUT2D eigenvalue weighted by atomic mass is 10.1. The first-order chi connectivity index (χ1) is 9.19. The van der Waals surface area contributed by atoms with Gasteiger partial charge in [-0.15, -0.1) is 22.7 Å². The molecule has 0 amide bonds. The molecule has 0 aliphatic heterocycles. The molecular formula is C13H12ClNO2S2.